The molecule has 0 bridgehead atoms. The van der Waals surface area contributed by atoms with Crippen LogP contribution in [0.25, 0.3) is 0 Å². The van der Waals surface area contributed by atoms with E-state index < -0.39 is 0 Å². The Hall–Kier alpha value is -0.880. The van der Waals surface area contributed by atoms with Crippen LogP contribution in [0.15, 0.2) is 24.3 Å². The number of carbonyl (C=O) groups is 1. The minimum Gasteiger partial charge on any atom is -0.332 e. The van der Waals surface area contributed by atoms with Crippen molar-refractivity contribution >= 4 is 30.7 Å². The van der Waals surface area contributed by atoms with Gasteiger partial charge in [-0.05, 0) is 37.2 Å². The molecule has 0 spiro atoms. The van der Waals surface area contributed by atoms with E-state index in [0.717, 1.165) is 31.6 Å². The lowest BCUT2D eigenvalue weighted by Crippen LogP contribution is -2.55. The molecule has 2 rings (SSSR count). The van der Waals surface area contributed by atoms with Gasteiger partial charge in [-0.15, -0.1) is 24.8 Å². The van der Waals surface area contributed by atoms with Crippen LogP contribution in [0, 0.1) is 5.82 Å². The topological polar surface area (TPSA) is 35.6 Å². The van der Waals surface area contributed by atoms with E-state index in [1.165, 1.54) is 12.1 Å². The third-order valence-corrected chi connectivity index (χ3v) is 4.68. The van der Waals surface area contributed by atoms with Crippen molar-refractivity contribution in [3.05, 3.63) is 35.6 Å². The minimum atomic E-state index is -0.253. The van der Waals surface area contributed by atoms with Crippen LogP contribution in [0.5, 0.6) is 0 Å². The van der Waals surface area contributed by atoms with Gasteiger partial charge in [0.2, 0.25) is 5.91 Å². The van der Waals surface area contributed by atoms with Crippen LogP contribution in [0.2, 0.25) is 0 Å². The lowest BCUT2D eigenvalue weighted by atomic mass is 10.0. The predicted octanol–water partition coefficient (Wildman–Crippen LogP) is 3.26. The Bertz CT molecular complexity index is 529. The highest BCUT2D eigenvalue weighted by Gasteiger charge is 2.33. The fourth-order valence-electron chi connectivity index (χ4n) is 3.42. The van der Waals surface area contributed by atoms with Crippen LogP contribution in [0.3, 0.4) is 0 Å². The van der Waals surface area contributed by atoms with Gasteiger partial charge in [-0.25, -0.2) is 4.39 Å². The molecule has 1 heterocycles. The molecule has 1 aromatic rings. The highest BCUT2D eigenvalue weighted by atomic mass is 35.5. The Kier molecular flexibility index (Phi) is 11.3. The Balaban J connectivity index is 0.00000288. The first-order valence-electron chi connectivity index (χ1n) is 8.63. The van der Waals surface area contributed by atoms with E-state index in [2.05, 4.69) is 31.0 Å². The zero-order chi connectivity index (χ0) is 16.8. The number of likely N-dealkylation sites (N-methyl/N-ethyl adjacent to an activating group) is 1. The summed E-state index contributed by atoms with van der Waals surface area (Å²) >= 11 is 0. The van der Waals surface area contributed by atoms with E-state index in [0.29, 0.717) is 13.1 Å². The molecule has 1 N–H and O–H groups in total. The average Bonchev–Trinajstić information content (AvgIpc) is 2.59. The molecule has 1 aromatic carbocycles. The highest BCUT2D eigenvalue weighted by molar-refractivity contribution is 5.85. The SMILES string of the molecule is CCC(C(=O)N1CCNCC1c1cccc(F)c1)N(CC)CC.Cl.Cl. The van der Waals surface area contributed by atoms with Gasteiger partial charge >= 0.3 is 0 Å². The number of nitrogens with zero attached hydrogens (tertiary/aromatic N) is 2. The zero-order valence-electron chi connectivity index (χ0n) is 15.2. The van der Waals surface area contributed by atoms with Gasteiger partial charge in [0.15, 0.2) is 0 Å². The summed E-state index contributed by atoms with van der Waals surface area (Å²) < 4.78 is 13.6. The summed E-state index contributed by atoms with van der Waals surface area (Å²) in [5.74, 6) is -0.0942. The molecule has 0 aliphatic carbocycles. The van der Waals surface area contributed by atoms with Crippen molar-refractivity contribution in [1.82, 2.24) is 15.1 Å². The van der Waals surface area contributed by atoms with Crippen LogP contribution in [-0.4, -0.2) is 54.5 Å². The normalized spacial score (nSPS) is 18.3. The summed E-state index contributed by atoms with van der Waals surface area (Å²) in [4.78, 5) is 17.2. The van der Waals surface area contributed by atoms with E-state index in [4.69, 9.17) is 0 Å². The van der Waals surface area contributed by atoms with Gasteiger partial charge in [-0.2, -0.15) is 0 Å². The standard InChI is InChI=1S/C18H28FN3O.2ClH/c1-4-16(21(5-2)6-3)18(23)22-11-10-20-13-17(22)14-8-7-9-15(19)12-14;;/h7-9,12,16-17,20H,4-6,10-11,13H2,1-3H3;2*1H. The molecule has 1 aliphatic rings. The predicted molar refractivity (Wildman–Crippen MR) is 105 cm³/mol. The smallest absolute Gasteiger partial charge is 0.240 e. The molecule has 4 nitrogen and oxygen atoms in total. The molecule has 0 saturated carbocycles. The maximum Gasteiger partial charge on any atom is 0.240 e. The number of piperazine rings is 1. The molecular formula is C18H30Cl2FN3O. The van der Waals surface area contributed by atoms with Crippen molar-refractivity contribution in [3.8, 4) is 0 Å². The molecule has 1 saturated heterocycles. The van der Waals surface area contributed by atoms with Crippen molar-refractivity contribution in [3.63, 3.8) is 0 Å². The number of benzene rings is 1. The van der Waals surface area contributed by atoms with Crippen molar-refractivity contribution in [2.24, 2.45) is 0 Å². The van der Waals surface area contributed by atoms with Crippen LogP contribution in [-0.2, 0) is 4.79 Å². The second kappa shape index (κ2) is 11.7. The molecule has 1 amide bonds. The molecule has 2 atom stereocenters. The average molecular weight is 394 g/mol. The van der Waals surface area contributed by atoms with E-state index in [1.807, 2.05) is 11.0 Å². The van der Waals surface area contributed by atoms with E-state index in [9.17, 15) is 9.18 Å². The summed E-state index contributed by atoms with van der Waals surface area (Å²) in [6.07, 6.45) is 0.792. The fourth-order valence-corrected chi connectivity index (χ4v) is 3.42. The first-order valence-corrected chi connectivity index (χ1v) is 8.63. The number of rotatable bonds is 6. The summed E-state index contributed by atoms with van der Waals surface area (Å²) in [6.45, 7) is 10.1. The van der Waals surface area contributed by atoms with E-state index in [1.54, 1.807) is 6.07 Å². The van der Waals surface area contributed by atoms with Gasteiger partial charge in [0, 0.05) is 19.6 Å². The Morgan fingerprint density at radius 1 is 1.32 bits per heavy atom. The molecule has 25 heavy (non-hydrogen) atoms. The Labute approximate surface area is 163 Å². The molecule has 7 heteroatoms. The first kappa shape index (κ1) is 24.1. The highest BCUT2D eigenvalue weighted by Crippen LogP contribution is 2.25. The van der Waals surface area contributed by atoms with Crippen molar-refractivity contribution in [2.45, 2.75) is 39.3 Å². The lowest BCUT2D eigenvalue weighted by molar-refractivity contribution is -0.140. The van der Waals surface area contributed by atoms with Gasteiger partial charge in [0.05, 0.1) is 12.1 Å². The van der Waals surface area contributed by atoms with Gasteiger partial charge in [0.1, 0.15) is 5.82 Å². The quantitative estimate of drug-likeness (QED) is 0.805. The molecule has 1 aliphatic heterocycles. The second-order valence-electron chi connectivity index (χ2n) is 5.95. The van der Waals surface area contributed by atoms with Crippen LogP contribution < -0.4 is 5.32 Å². The Morgan fingerprint density at radius 3 is 2.56 bits per heavy atom. The van der Waals surface area contributed by atoms with Gasteiger partial charge in [-0.1, -0.05) is 32.9 Å². The number of hydrogen-bond donors (Lipinski definition) is 1. The van der Waals surface area contributed by atoms with Crippen LogP contribution in [0.4, 0.5) is 4.39 Å². The third-order valence-electron chi connectivity index (χ3n) is 4.68. The van der Waals surface area contributed by atoms with Crippen LogP contribution in [0.1, 0.15) is 38.8 Å². The summed E-state index contributed by atoms with van der Waals surface area (Å²) in [7, 11) is 0. The minimum absolute atomic E-state index is 0. The monoisotopic (exact) mass is 393 g/mol. The first-order chi connectivity index (χ1) is 11.1. The van der Waals surface area contributed by atoms with Crippen molar-refractivity contribution in [2.75, 3.05) is 32.7 Å². The van der Waals surface area contributed by atoms with Gasteiger partial charge in [0.25, 0.3) is 0 Å². The van der Waals surface area contributed by atoms with Gasteiger partial charge < -0.3 is 10.2 Å². The summed E-state index contributed by atoms with van der Waals surface area (Å²) in [6, 6.07) is 6.39. The summed E-state index contributed by atoms with van der Waals surface area (Å²) in [5.41, 5.74) is 0.861. The number of halogens is 3. The number of carbonyl (C=O) groups excluding carboxylic acids is 1. The molecule has 0 aromatic heterocycles. The fraction of sp³-hybridized carbons (Fsp3) is 0.611. The summed E-state index contributed by atoms with van der Waals surface area (Å²) in [5, 5.41) is 3.32. The van der Waals surface area contributed by atoms with E-state index >= 15 is 0 Å². The van der Waals surface area contributed by atoms with Crippen molar-refractivity contribution < 1.29 is 9.18 Å². The molecule has 0 radical (unpaired) electrons. The molecular weight excluding hydrogens is 364 g/mol. The lowest BCUT2D eigenvalue weighted by Gasteiger charge is -2.40. The maximum absolute atomic E-state index is 13.6. The number of hydrogen-bond acceptors (Lipinski definition) is 3. The Morgan fingerprint density at radius 2 is 2.00 bits per heavy atom. The number of nitrogens with one attached hydrogen (secondary N) is 1. The largest absolute Gasteiger partial charge is 0.332 e. The van der Waals surface area contributed by atoms with Crippen molar-refractivity contribution in [1.29, 1.82) is 0 Å². The maximum atomic E-state index is 13.6. The van der Waals surface area contributed by atoms with Crippen LogP contribution >= 0.6 is 24.8 Å². The third kappa shape index (κ3) is 5.81. The molecule has 2 unspecified atom stereocenters. The molecule has 144 valence electrons. The zero-order valence-corrected chi connectivity index (χ0v) is 16.8. The van der Waals surface area contributed by atoms with E-state index in [-0.39, 0.29) is 48.6 Å². The second-order valence-corrected chi connectivity index (χ2v) is 5.95. The van der Waals surface area contributed by atoms with Gasteiger partial charge in [-0.3, -0.25) is 9.69 Å². The molecule has 1 fully saturated rings. The number of amides is 1.